The lowest BCUT2D eigenvalue weighted by Crippen LogP contribution is -2.38. The van der Waals surface area contributed by atoms with Crippen LogP contribution in [-0.4, -0.2) is 31.1 Å². The largest absolute Gasteiger partial charge is 0.511 e. The van der Waals surface area contributed by atoms with Gasteiger partial charge in [-0.25, -0.2) is 18.0 Å². The number of ether oxygens (including phenoxy) is 3. The predicted octanol–water partition coefficient (Wildman–Crippen LogP) is 2.39. The number of hydrogen-bond acceptors (Lipinski definition) is 4. The second-order valence-corrected chi connectivity index (χ2v) is 3.36. The minimum atomic E-state index is -2.89. The maximum Gasteiger partial charge on any atom is 0.511 e. The van der Waals surface area contributed by atoms with Crippen molar-refractivity contribution in [3.63, 3.8) is 0 Å². The van der Waals surface area contributed by atoms with Gasteiger partial charge < -0.3 is 14.2 Å². The van der Waals surface area contributed by atoms with Gasteiger partial charge in [0.15, 0.2) is 6.10 Å². The van der Waals surface area contributed by atoms with Crippen LogP contribution in [0.15, 0.2) is 11.9 Å². The summed E-state index contributed by atoms with van der Waals surface area (Å²) in [5.41, 5.74) is 0. The summed E-state index contributed by atoms with van der Waals surface area (Å²) >= 11 is 0. The zero-order chi connectivity index (χ0) is 12.3. The first-order valence-corrected chi connectivity index (χ1v) is 4.51. The molecule has 0 aromatic rings. The van der Waals surface area contributed by atoms with Gasteiger partial charge in [0.25, 0.3) is 12.2 Å². The highest BCUT2D eigenvalue weighted by atomic mass is 19.3. The molecule has 0 amide bonds. The predicted molar refractivity (Wildman–Crippen MR) is 46.6 cm³/mol. The summed E-state index contributed by atoms with van der Waals surface area (Å²) in [4.78, 5) is 10.7. The van der Waals surface area contributed by atoms with Gasteiger partial charge in [0, 0.05) is 13.0 Å². The van der Waals surface area contributed by atoms with Crippen molar-refractivity contribution >= 4 is 6.16 Å². The van der Waals surface area contributed by atoms with Crippen LogP contribution in [-0.2, 0) is 14.2 Å². The Hall–Kier alpha value is -1.24. The lowest BCUT2D eigenvalue weighted by molar-refractivity contribution is -0.182. The molecule has 0 bridgehead atoms. The van der Waals surface area contributed by atoms with E-state index in [1.165, 1.54) is 13.8 Å². The lowest BCUT2D eigenvalue weighted by atomic mass is 10.2. The fourth-order valence-electron chi connectivity index (χ4n) is 1.07. The monoisotopic (exact) mass is 240 g/mol. The minimum absolute atomic E-state index is 0.117. The Bertz CT molecular complexity index is 305. The van der Waals surface area contributed by atoms with E-state index in [-0.39, 0.29) is 6.08 Å². The third-order valence-electron chi connectivity index (χ3n) is 2.10. The fraction of sp³-hybridized carbons (Fsp3) is 0.667. The maximum absolute atomic E-state index is 12.8. The first-order chi connectivity index (χ1) is 7.33. The smallest absolute Gasteiger partial charge is 0.424 e. The number of halogens is 3. The molecule has 1 heterocycles. The van der Waals surface area contributed by atoms with Gasteiger partial charge >= 0.3 is 6.16 Å². The van der Waals surface area contributed by atoms with Crippen molar-refractivity contribution in [2.24, 2.45) is 0 Å². The van der Waals surface area contributed by atoms with Crippen LogP contribution in [0.25, 0.3) is 0 Å². The van der Waals surface area contributed by atoms with Gasteiger partial charge in [0.2, 0.25) is 0 Å². The van der Waals surface area contributed by atoms with Gasteiger partial charge in [-0.3, -0.25) is 0 Å². The molecular formula is C9H11F3O4. The van der Waals surface area contributed by atoms with E-state index in [0.717, 1.165) is 0 Å². The molecule has 0 radical (unpaired) electrons. The van der Waals surface area contributed by atoms with Crippen LogP contribution in [0.4, 0.5) is 18.0 Å². The Morgan fingerprint density at radius 3 is 2.75 bits per heavy atom. The van der Waals surface area contributed by atoms with Crippen molar-refractivity contribution in [3.8, 4) is 0 Å². The summed E-state index contributed by atoms with van der Waals surface area (Å²) in [5.74, 6) is -2.59. The van der Waals surface area contributed by atoms with Crippen LogP contribution < -0.4 is 0 Å². The molecule has 1 aliphatic heterocycles. The summed E-state index contributed by atoms with van der Waals surface area (Å²) in [6, 6.07) is 0. The SMILES string of the molecule is CC1OC(=O)OC1(C)OCC(F)=CC(F)F. The van der Waals surface area contributed by atoms with Crippen molar-refractivity contribution in [1.29, 1.82) is 0 Å². The van der Waals surface area contributed by atoms with Crippen LogP contribution >= 0.6 is 0 Å². The molecule has 7 heteroatoms. The van der Waals surface area contributed by atoms with Crippen LogP contribution in [0, 0.1) is 0 Å². The van der Waals surface area contributed by atoms with Crippen LogP contribution in [0.5, 0.6) is 0 Å². The Morgan fingerprint density at radius 2 is 2.31 bits per heavy atom. The van der Waals surface area contributed by atoms with Gasteiger partial charge in [0.1, 0.15) is 12.4 Å². The van der Waals surface area contributed by atoms with E-state index in [1.54, 1.807) is 0 Å². The number of cyclic esters (lactones) is 2. The molecule has 0 saturated carbocycles. The van der Waals surface area contributed by atoms with E-state index in [4.69, 9.17) is 4.74 Å². The van der Waals surface area contributed by atoms with Gasteiger partial charge in [-0.15, -0.1) is 0 Å². The molecule has 1 aliphatic rings. The topological polar surface area (TPSA) is 44.8 Å². The van der Waals surface area contributed by atoms with Crippen LogP contribution in [0.1, 0.15) is 13.8 Å². The highest BCUT2D eigenvalue weighted by molar-refractivity contribution is 5.62. The standard InChI is InChI=1S/C9H11F3O4/c1-5-9(2,16-8(13)15-5)14-4-6(10)3-7(11)12/h3,5,7H,4H2,1-2H3. The zero-order valence-corrected chi connectivity index (χ0v) is 8.71. The normalized spacial score (nSPS) is 30.5. The van der Waals surface area contributed by atoms with Crippen molar-refractivity contribution < 1.29 is 32.2 Å². The first kappa shape index (κ1) is 12.8. The Balaban J connectivity index is 2.52. The van der Waals surface area contributed by atoms with E-state index < -0.39 is 36.9 Å². The summed E-state index contributed by atoms with van der Waals surface area (Å²) in [6.45, 7) is 2.14. The Morgan fingerprint density at radius 1 is 1.69 bits per heavy atom. The molecule has 1 rings (SSSR count). The maximum atomic E-state index is 12.8. The van der Waals surface area contributed by atoms with E-state index >= 15 is 0 Å². The van der Waals surface area contributed by atoms with Crippen LogP contribution in [0.3, 0.4) is 0 Å². The molecule has 0 aromatic heterocycles. The number of carbonyl (C=O) groups is 1. The third-order valence-corrected chi connectivity index (χ3v) is 2.10. The van der Waals surface area contributed by atoms with Crippen LogP contribution in [0.2, 0.25) is 0 Å². The van der Waals surface area contributed by atoms with Gasteiger partial charge in [-0.2, -0.15) is 0 Å². The molecule has 4 nitrogen and oxygen atoms in total. The number of carbonyl (C=O) groups excluding carboxylic acids is 1. The van der Waals surface area contributed by atoms with Gasteiger partial charge in [-0.1, -0.05) is 0 Å². The van der Waals surface area contributed by atoms with Crippen molar-refractivity contribution in [2.45, 2.75) is 32.2 Å². The zero-order valence-electron chi connectivity index (χ0n) is 8.71. The number of allylic oxidation sites excluding steroid dienone is 1. The molecule has 0 aromatic carbocycles. The second-order valence-electron chi connectivity index (χ2n) is 3.36. The number of rotatable bonds is 4. The van der Waals surface area contributed by atoms with Crippen molar-refractivity contribution in [3.05, 3.63) is 11.9 Å². The quantitative estimate of drug-likeness (QED) is 0.708. The van der Waals surface area contributed by atoms with E-state index in [2.05, 4.69) is 9.47 Å². The molecule has 1 fully saturated rings. The molecule has 0 N–H and O–H groups in total. The second kappa shape index (κ2) is 4.73. The highest BCUT2D eigenvalue weighted by Crippen LogP contribution is 2.28. The number of hydrogen-bond donors (Lipinski definition) is 0. The van der Waals surface area contributed by atoms with Crippen molar-refractivity contribution in [1.82, 2.24) is 0 Å². The van der Waals surface area contributed by atoms with E-state index in [0.29, 0.717) is 0 Å². The van der Waals surface area contributed by atoms with Crippen molar-refractivity contribution in [2.75, 3.05) is 6.61 Å². The molecular weight excluding hydrogens is 229 g/mol. The summed E-state index contributed by atoms with van der Waals surface area (Å²) in [7, 11) is 0. The molecule has 1 saturated heterocycles. The van der Waals surface area contributed by atoms with Gasteiger partial charge in [-0.05, 0) is 6.92 Å². The Kier molecular flexibility index (Phi) is 3.79. The third kappa shape index (κ3) is 3.13. The minimum Gasteiger partial charge on any atom is -0.424 e. The molecule has 2 unspecified atom stereocenters. The first-order valence-electron chi connectivity index (χ1n) is 4.51. The molecule has 2 atom stereocenters. The Labute approximate surface area is 90.0 Å². The van der Waals surface area contributed by atoms with E-state index in [9.17, 15) is 18.0 Å². The average Bonchev–Trinajstić information content (AvgIpc) is 2.37. The summed E-state index contributed by atoms with van der Waals surface area (Å²) < 4.78 is 50.4. The molecule has 0 spiro atoms. The van der Waals surface area contributed by atoms with Gasteiger partial charge in [0.05, 0.1) is 0 Å². The molecule has 0 aliphatic carbocycles. The number of alkyl halides is 2. The highest BCUT2D eigenvalue weighted by Gasteiger charge is 2.46. The molecule has 16 heavy (non-hydrogen) atoms. The fourth-order valence-corrected chi connectivity index (χ4v) is 1.07. The molecule has 92 valence electrons. The summed E-state index contributed by atoms with van der Waals surface area (Å²) in [5, 5.41) is 0. The summed E-state index contributed by atoms with van der Waals surface area (Å²) in [6.07, 6.45) is -4.45. The van der Waals surface area contributed by atoms with E-state index in [1.807, 2.05) is 0 Å². The average molecular weight is 240 g/mol. The lowest BCUT2D eigenvalue weighted by Gasteiger charge is -2.23.